The van der Waals surface area contributed by atoms with E-state index in [1.807, 2.05) is 0 Å². The average Bonchev–Trinajstić information content (AvgIpc) is 2.83. The van der Waals surface area contributed by atoms with Crippen molar-refractivity contribution >= 4 is 10.2 Å². The van der Waals surface area contributed by atoms with Crippen LogP contribution < -0.4 is 4.72 Å². The van der Waals surface area contributed by atoms with E-state index >= 15 is 0 Å². The van der Waals surface area contributed by atoms with Gasteiger partial charge in [-0.1, -0.05) is 23.4 Å². The molecule has 0 amide bonds. The molecule has 2 rings (SSSR count). The van der Waals surface area contributed by atoms with Crippen LogP contribution >= 0.6 is 0 Å². The fraction of sp³-hybridized carbons (Fsp3) is 0.333. The number of nitrogens with zero attached hydrogens (tertiary/aromatic N) is 3. The van der Waals surface area contributed by atoms with Gasteiger partial charge in [0.1, 0.15) is 11.9 Å². The summed E-state index contributed by atoms with van der Waals surface area (Å²) in [5.41, 5.74) is 0.115. The van der Waals surface area contributed by atoms with Crippen molar-refractivity contribution in [1.82, 2.24) is 19.2 Å². The molecule has 21 heavy (non-hydrogen) atoms. The fourth-order valence-electron chi connectivity index (χ4n) is 1.65. The minimum atomic E-state index is -3.81. The van der Waals surface area contributed by atoms with Gasteiger partial charge in [0.2, 0.25) is 5.89 Å². The van der Waals surface area contributed by atoms with E-state index in [2.05, 4.69) is 14.9 Å². The van der Waals surface area contributed by atoms with E-state index in [0.717, 1.165) is 4.31 Å². The van der Waals surface area contributed by atoms with Gasteiger partial charge in [0.05, 0.1) is 0 Å². The van der Waals surface area contributed by atoms with Crippen LogP contribution in [0.5, 0.6) is 0 Å². The Kier molecular flexibility index (Phi) is 4.35. The second-order valence-corrected chi connectivity index (χ2v) is 6.45. The summed E-state index contributed by atoms with van der Waals surface area (Å²) >= 11 is 0. The third-order valence-electron chi connectivity index (χ3n) is 2.77. The average molecular weight is 314 g/mol. The number of nitrogens with one attached hydrogen (secondary N) is 1. The van der Waals surface area contributed by atoms with Crippen molar-refractivity contribution in [1.29, 1.82) is 0 Å². The third-order valence-corrected chi connectivity index (χ3v) is 4.26. The van der Waals surface area contributed by atoms with E-state index in [1.165, 1.54) is 32.3 Å². The maximum Gasteiger partial charge on any atom is 0.279 e. The van der Waals surface area contributed by atoms with Crippen LogP contribution in [0.4, 0.5) is 4.39 Å². The summed E-state index contributed by atoms with van der Waals surface area (Å²) in [4.78, 5) is 3.98. The summed E-state index contributed by atoms with van der Waals surface area (Å²) in [6.45, 7) is 1.56. The van der Waals surface area contributed by atoms with Crippen molar-refractivity contribution in [3.05, 3.63) is 47.4 Å². The van der Waals surface area contributed by atoms with E-state index in [1.54, 1.807) is 13.0 Å². The molecule has 0 unspecified atom stereocenters. The molecule has 0 aliphatic rings. The molecule has 1 atom stereocenters. The molecule has 1 N–H and O–H groups in total. The highest BCUT2D eigenvalue weighted by atomic mass is 32.2. The molecule has 0 saturated heterocycles. The van der Waals surface area contributed by atoms with Gasteiger partial charge in [-0.3, -0.25) is 0 Å². The quantitative estimate of drug-likeness (QED) is 0.889. The zero-order valence-electron chi connectivity index (χ0n) is 11.7. The van der Waals surface area contributed by atoms with E-state index in [-0.39, 0.29) is 17.3 Å². The third kappa shape index (κ3) is 3.43. The Morgan fingerprint density at radius 2 is 2.00 bits per heavy atom. The molecule has 0 spiro atoms. The molecule has 0 saturated carbocycles. The molecule has 114 valence electrons. The second-order valence-electron chi connectivity index (χ2n) is 4.53. The van der Waals surface area contributed by atoms with Crippen molar-refractivity contribution in [2.45, 2.75) is 13.0 Å². The van der Waals surface area contributed by atoms with Gasteiger partial charge in [0, 0.05) is 26.6 Å². The van der Waals surface area contributed by atoms with Gasteiger partial charge in [-0.25, -0.2) is 4.39 Å². The van der Waals surface area contributed by atoms with Gasteiger partial charge in [0.25, 0.3) is 10.2 Å². The van der Waals surface area contributed by atoms with Crippen molar-refractivity contribution in [3.63, 3.8) is 0 Å². The highest BCUT2D eigenvalue weighted by molar-refractivity contribution is 7.87. The van der Waals surface area contributed by atoms with Gasteiger partial charge in [0.15, 0.2) is 5.82 Å². The second kappa shape index (κ2) is 5.88. The lowest BCUT2D eigenvalue weighted by Crippen LogP contribution is -2.39. The van der Waals surface area contributed by atoms with E-state index in [4.69, 9.17) is 4.52 Å². The van der Waals surface area contributed by atoms with Crippen LogP contribution in [0.15, 0.2) is 28.8 Å². The van der Waals surface area contributed by atoms with Gasteiger partial charge >= 0.3 is 0 Å². The van der Waals surface area contributed by atoms with Gasteiger partial charge < -0.3 is 4.52 Å². The maximum absolute atomic E-state index is 14.0. The predicted molar refractivity (Wildman–Crippen MR) is 73.0 cm³/mol. The normalized spacial score (nSPS) is 13.6. The van der Waals surface area contributed by atoms with Gasteiger partial charge in [-0.05, 0) is 6.07 Å². The van der Waals surface area contributed by atoms with Crippen LogP contribution in [0, 0.1) is 12.7 Å². The fourth-order valence-corrected chi connectivity index (χ4v) is 2.39. The number of hydrogen-bond donors (Lipinski definition) is 1. The Bertz CT molecular complexity index is 730. The Morgan fingerprint density at radius 3 is 2.52 bits per heavy atom. The van der Waals surface area contributed by atoms with Crippen molar-refractivity contribution in [2.75, 3.05) is 14.1 Å². The highest BCUT2D eigenvalue weighted by Gasteiger charge is 2.28. The summed E-state index contributed by atoms with van der Waals surface area (Å²) < 4.78 is 46.2. The monoisotopic (exact) mass is 314 g/mol. The largest absolute Gasteiger partial charge is 0.340 e. The molecule has 7 nitrogen and oxygen atoms in total. The van der Waals surface area contributed by atoms with E-state index in [9.17, 15) is 12.8 Å². The minimum Gasteiger partial charge on any atom is -0.340 e. The Labute approximate surface area is 122 Å². The maximum atomic E-state index is 14.0. The van der Waals surface area contributed by atoms with E-state index in [0.29, 0.717) is 0 Å². The van der Waals surface area contributed by atoms with Gasteiger partial charge in [-0.2, -0.15) is 22.4 Å². The van der Waals surface area contributed by atoms with Crippen molar-refractivity contribution in [2.24, 2.45) is 0 Å². The molecule has 2 aromatic rings. The number of halogens is 1. The number of aryl methyl sites for hydroxylation is 1. The molecule has 1 heterocycles. The van der Waals surface area contributed by atoms with Gasteiger partial charge in [-0.15, -0.1) is 0 Å². The Balaban J connectivity index is 2.48. The van der Waals surface area contributed by atoms with Crippen molar-refractivity contribution in [3.8, 4) is 0 Å². The summed E-state index contributed by atoms with van der Waals surface area (Å²) in [5.74, 6) is -0.259. The van der Waals surface area contributed by atoms with Crippen LogP contribution in [0.25, 0.3) is 0 Å². The molecule has 9 heteroatoms. The molecule has 0 aliphatic heterocycles. The number of rotatable bonds is 5. The first kappa shape index (κ1) is 15.5. The first-order valence-electron chi connectivity index (χ1n) is 6.05. The van der Waals surface area contributed by atoms with Crippen LogP contribution in [-0.2, 0) is 10.2 Å². The minimum absolute atomic E-state index is 0.0445. The summed E-state index contributed by atoms with van der Waals surface area (Å²) in [6.07, 6.45) is 0. The molecule has 0 aliphatic carbocycles. The molecular formula is C12H15FN4O3S. The zero-order chi connectivity index (χ0) is 15.6. The molecule has 0 radical (unpaired) electrons. The van der Waals surface area contributed by atoms with Crippen LogP contribution in [0.2, 0.25) is 0 Å². The van der Waals surface area contributed by atoms with Crippen LogP contribution in [0.3, 0.4) is 0 Å². The highest BCUT2D eigenvalue weighted by Crippen LogP contribution is 2.23. The van der Waals surface area contributed by atoms with Crippen LogP contribution in [-0.4, -0.2) is 37.0 Å². The Hall–Kier alpha value is -1.84. The first-order chi connectivity index (χ1) is 9.81. The summed E-state index contributed by atoms with van der Waals surface area (Å²) in [6, 6.07) is 4.74. The number of aromatic nitrogens is 2. The zero-order valence-corrected chi connectivity index (χ0v) is 12.6. The standard InChI is InChI=1S/C12H15FN4O3S/c1-8-14-12(15-20-8)11(16-21(18,19)17(2)3)9-6-4-5-7-10(9)13/h4-7,11,16H,1-3H3/t11-/m0/s1. The SMILES string of the molecule is Cc1nc([C@@H](NS(=O)(=O)N(C)C)c2ccccc2F)no1. The topological polar surface area (TPSA) is 88.3 Å². The molecule has 1 aromatic carbocycles. The molecule has 1 aromatic heterocycles. The predicted octanol–water partition coefficient (Wildman–Crippen LogP) is 1.00. The first-order valence-corrected chi connectivity index (χ1v) is 7.49. The summed E-state index contributed by atoms with van der Waals surface area (Å²) in [7, 11) is -1.08. The number of benzene rings is 1. The van der Waals surface area contributed by atoms with Crippen molar-refractivity contribution < 1.29 is 17.3 Å². The molecule has 0 bridgehead atoms. The Morgan fingerprint density at radius 1 is 1.33 bits per heavy atom. The van der Waals surface area contributed by atoms with Crippen LogP contribution in [0.1, 0.15) is 23.3 Å². The smallest absolute Gasteiger partial charge is 0.279 e. The summed E-state index contributed by atoms with van der Waals surface area (Å²) in [5, 5.41) is 3.68. The lowest BCUT2D eigenvalue weighted by Gasteiger charge is -2.19. The molecular weight excluding hydrogens is 299 g/mol. The van der Waals surface area contributed by atoms with E-state index < -0.39 is 22.1 Å². The molecule has 0 fully saturated rings. The lowest BCUT2D eigenvalue weighted by molar-refractivity contribution is 0.383. The number of hydrogen-bond acceptors (Lipinski definition) is 5. The lowest BCUT2D eigenvalue weighted by atomic mass is 10.1.